The van der Waals surface area contributed by atoms with E-state index in [1.54, 1.807) is 19.9 Å². The molecule has 0 spiro atoms. The SMILES string of the molecule is CC1=CC(c2cc([N+](=O)[O-])ccc2OCCCCO)C(OC(=O)OC(=O)OCCCCC2CCC(=O)O2)=C(C)N1. The van der Waals surface area contributed by atoms with E-state index in [2.05, 4.69) is 10.1 Å². The van der Waals surface area contributed by atoms with Crippen molar-refractivity contribution in [1.82, 2.24) is 5.32 Å². The fourth-order valence-electron chi connectivity index (χ4n) is 4.37. The first-order chi connectivity index (χ1) is 19.2. The van der Waals surface area contributed by atoms with Crippen LogP contribution in [0.15, 0.2) is 41.4 Å². The van der Waals surface area contributed by atoms with Crippen LogP contribution in [0.3, 0.4) is 0 Å². The lowest BCUT2D eigenvalue weighted by atomic mass is 9.91. The first-order valence-electron chi connectivity index (χ1n) is 13.1. The Morgan fingerprint density at radius 1 is 1.15 bits per heavy atom. The first kappa shape index (κ1) is 30.4. The largest absolute Gasteiger partial charge is 0.523 e. The van der Waals surface area contributed by atoms with Crippen molar-refractivity contribution in [3.05, 3.63) is 57.1 Å². The second kappa shape index (κ2) is 14.9. The molecule has 1 aromatic carbocycles. The number of carbonyl (C=O) groups excluding carboxylic acids is 3. The van der Waals surface area contributed by atoms with Crippen LogP contribution < -0.4 is 10.1 Å². The Balaban J connectivity index is 1.63. The van der Waals surface area contributed by atoms with E-state index < -0.39 is 23.2 Å². The van der Waals surface area contributed by atoms with Crippen molar-refractivity contribution in [2.45, 2.75) is 70.8 Å². The Hall–Kier alpha value is -4.13. The molecule has 0 aliphatic carbocycles. The molecule has 2 aliphatic heterocycles. The number of non-ortho nitro benzene ring substituents is 1. The van der Waals surface area contributed by atoms with Gasteiger partial charge in [-0.1, -0.05) is 6.08 Å². The van der Waals surface area contributed by atoms with Gasteiger partial charge in [0, 0.05) is 36.4 Å². The highest BCUT2D eigenvalue weighted by molar-refractivity contribution is 5.77. The van der Waals surface area contributed by atoms with Crippen molar-refractivity contribution < 1.29 is 48.1 Å². The van der Waals surface area contributed by atoms with Crippen LogP contribution in [0.25, 0.3) is 0 Å². The number of aliphatic hydroxyl groups is 1. The molecule has 1 saturated heterocycles. The number of carbonyl (C=O) groups is 3. The lowest BCUT2D eigenvalue weighted by Gasteiger charge is -2.26. The number of hydrogen-bond acceptors (Lipinski definition) is 12. The first-order valence-corrected chi connectivity index (χ1v) is 13.1. The summed E-state index contributed by atoms with van der Waals surface area (Å²) in [5.41, 5.74) is 1.32. The van der Waals surface area contributed by atoms with Gasteiger partial charge in [-0.25, -0.2) is 9.59 Å². The minimum Gasteiger partial charge on any atom is -0.493 e. The minimum absolute atomic E-state index is 0.00524. The Morgan fingerprint density at radius 2 is 1.93 bits per heavy atom. The van der Waals surface area contributed by atoms with Crippen LogP contribution in [0, 0.1) is 10.1 Å². The molecule has 13 nitrogen and oxygen atoms in total. The van der Waals surface area contributed by atoms with Crippen LogP contribution in [0.2, 0.25) is 0 Å². The standard InChI is InChI=1S/C27H34N2O11/c1-17-15-22(21-16-19(29(34)35)8-10-23(21)36-13-6-4-12-30)25(18(2)28-17)39-27(33)40-26(32)37-14-5-3-7-20-9-11-24(31)38-20/h8,10,15-16,20,22,28,30H,3-7,9,11-14H2,1-2H3. The second-order valence-corrected chi connectivity index (χ2v) is 9.40. The summed E-state index contributed by atoms with van der Waals surface area (Å²) in [7, 11) is 0. The van der Waals surface area contributed by atoms with E-state index in [0.717, 1.165) is 0 Å². The van der Waals surface area contributed by atoms with Crippen LogP contribution in [-0.2, 0) is 23.7 Å². The van der Waals surface area contributed by atoms with Gasteiger partial charge in [0.05, 0.1) is 29.8 Å². The van der Waals surface area contributed by atoms with Crippen molar-refractivity contribution in [2.75, 3.05) is 19.8 Å². The summed E-state index contributed by atoms with van der Waals surface area (Å²) in [6.07, 6.45) is 3.03. The molecule has 2 aliphatic rings. The molecule has 0 amide bonds. The molecular weight excluding hydrogens is 528 g/mol. The van der Waals surface area contributed by atoms with Crippen LogP contribution in [0.4, 0.5) is 15.3 Å². The molecule has 0 saturated carbocycles. The number of dihydropyridines is 1. The summed E-state index contributed by atoms with van der Waals surface area (Å²) in [5, 5.41) is 23.5. The number of unbranched alkanes of at least 4 members (excludes halogenated alkanes) is 2. The van der Waals surface area contributed by atoms with E-state index >= 15 is 0 Å². The summed E-state index contributed by atoms with van der Waals surface area (Å²) in [6, 6.07) is 4.12. The Kier molecular flexibility index (Phi) is 11.3. The van der Waals surface area contributed by atoms with E-state index in [1.807, 2.05) is 0 Å². The number of allylic oxidation sites excluding steroid dienone is 3. The van der Waals surface area contributed by atoms with Crippen molar-refractivity contribution in [3.63, 3.8) is 0 Å². The molecule has 0 aromatic heterocycles. The number of cyclic esters (lactones) is 1. The third kappa shape index (κ3) is 8.97. The van der Waals surface area contributed by atoms with E-state index in [-0.39, 0.29) is 43.3 Å². The summed E-state index contributed by atoms with van der Waals surface area (Å²) in [6.45, 7) is 3.70. The van der Waals surface area contributed by atoms with Gasteiger partial charge >= 0.3 is 18.3 Å². The number of aliphatic hydroxyl groups excluding tert-OH is 1. The molecule has 0 radical (unpaired) electrons. The summed E-state index contributed by atoms with van der Waals surface area (Å²) in [4.78, 5) is 46.6. The average Bonchev–Trinajstić information content (AvgIpc) is 3.32. The van der Waals surface area contributed by atoms with Crippen molar-refractivity contribution >= 4 is 24.0 Å². The molecule has 1 aromatic rings. The molecule has 2 unspecified atom stereocenters. The fraction of sp³-hybridized carbons (Fsp3) is 0.519. The van der Waals surface area contributed by atoms with Crippen LogP contribution >= 0.6 is 0 Å². The van der Waals surface area contributed by atoms with Crippen molar-refractivity contribution in [3.8, 4) is 5.75 Å². The van der Waals surface area contributed by atoms with E-state index in [9.17, 15) is 24.5 Å². The van der Waals surface area contributed by atoms with Gasteiger partial charge in [-0.05, 0) is 58.4 Å². The highest BCUT2D eigenvalue weighted by atomic mass is 16.8. The number of nitro groups is 1. The predicted molar refractivity (Wildman–Crippen MR) is 139 cm³/mol. The van der Waals surface area contributed by atoms with Gasteiger partial charge in [-0.15, -0.1) is 0 Å². The third-order valence-corrected chi connectivity index (χ3v) is 6.27. The number of ether oxygens (including phenoxy) is 5. The van der Waals surface area contributed by atoms with E-state index in [0.29, 0.717) is 67.7 Å². The quantitative estimate of drug-likeness (QED) is 0.0846. The molecular formula is C27H34N2O11. The number of hydrogen-bond donors (Lipinski definition) is 2. The number of rotatable bonds is 13. The highest BCUT2D eigenvalue weighted by Crippen LogP contribution is 2.39. The minimum atomic E-state index is -1.33. The van der Waals surface area contributed by atoms with Gasteiger partial charge in [-0.2, -0.15) is 0 Å². The van der Waals surface area contributed by atoms with E-state index in [1.165, 1.54) is 18.2 Å². The van der Waals surface area contributed by atoms with Crippen LogP contribution in [-0.4, -0.2) is 54.2 Å². The molecule has 218 valence electrons. The topological polar surface area (TPSA) is 173 Å². The van der Waals surface area contributed by atoms with Gasteiger partial charge in [-0.3, -0.25) is 14.9 Å². The fourth-order valence-corrected chi connectivity index (χ4v) is 4.37. The molecule has 2 N–H and O–H groups in total. The second-order valence-electron chi connectivity index (χ2n) is 9.40. The lowest BCUT2D eigenvalue weighted by molar-refractivity contribution is -0.384. The monoisotopic (exact) mass is 562 g/mol. The Bertz CT molecular complexity index is 1160. The summed E-state index contributed by atoms with van der Waals surface area (Å²) in [5.74, 6) is -0.576. The number of nitrogens with one attached hydrogen (secondary N) is 1. The zero-order valence-electron chi connectivity index (χ0n) is 22.5. The molecule has 2 atom stereocenters. The van der Waals surface area contributed by atoms with Crippen LogP contribution in [0.1, 0.15) is 70.3 Å². The number of esters is 1. The smallest absolute Gasteiger partial charge is 0.493 e. The van der Waals surface area contributed by atoms with Gasteiger partial charge < -0.3 is 34.1 Å². The Labute approximate surface area is 231 Å². The zero-order chi connectivity index (χ0) is 29.1. The molecule has 3 rings (SSSR count). The van der Waals surface area contributed by atoms with Crippen molar-refractivity contribution in [1.29, 1.82) is 0 Å². The summed E-state index contributed by atoms with van der Waals surface area (Å²) < 4.78 is 26.0. The summed E-state index contributed by atoms with van der Waals surface area (Å²) >= 11 is 0. The highest BCUT2D eigenvalue weighted by Gasteiger charge is 2.31. The average molecular weight is 563 g/mol. The van der Waals surface area contributed by atoms with E-state index in [4.69, 9.17) is 24.1 Å². The maximum Gasteiger partial charge on any atom is 0.523 e. The molecule has 13 heteroatoms. The number of nitrogens with zero attached hydrogens (tertiary/aromatic N) is 1. The predicted octanol–water partition coefficient (Wildman–Crippen LogP) is 4.73. The van der Waals surface area contributed by atoms with Gasteiger partial charge in [0.1, 0.15) is 17.6 Å². The molecule has 2 heterocycles. The number of benzene rings is 1. The van der Waals surface area contributed by atoms with Gasteiger partial charge in [0.25, 0.3) is 5.69 Å². The maximum absolute atomic E-state index is 12.5. The molecule has 0 bridgehead atoms. The zero-order valence-corrected chi connectivity index (χ0v) is 22.5. The van der Waals surface area contributed by atoms with Crippen molar-refractivity contribution in [2.24, 2.45) is 0 Å². The normalized spacial score (nSPS) is 18.4. The maximum atomic E-state index is 12.5. The number of nitro benzene ring substituents is 1. The third-order valence-electron chi connectivity index (χ3n) is 6.27. The van der Waals surface area contributed by atoms with Crippen LogP contribution in [0.5, 0.6) is 5.75 Å². The lowest BCUT2D eigenvalue weighted by Crippen LogP contribution is -2.25. The Morgan fingerprint density at radius 3 is 2.62 bits per heavy atom. The van der Waals surface area contributed by atoms with Gasteiger partial charge in [0.15, 0.2) is 0 Å². The van der Waals surface area contributed by atoms with Gasteiger partial charge in [0.2, 0.25) is 0 Å². The molecule has 40 heavy (non-hydrogen) atoms. The molecule has 1 fully saturated rings.